The van der Waals surface area contributed by atoms with Gasteiger partial charge in [-0.05, 0) is 57.7 Å². The zero-order valence-electron chi connectivity index (χ0n) is 20.6. The van der Waals surface area contributed by atoms with E-state index in [1.165, 1.54) is 11.3 Å². The minimum absolute atomic E-state index is 0.00243. The van der Waals surface area contributed by atoms with Crippen LogP contribution in [0, 0.1) is 0 Å². The SMILES string of the molecule is CN1CCN(Cc2cnc(NC(=O)/C(=N/OC3CCCC3)c3ccc(S(=O)(=O)C4CC4)cc3)s2)CC1. The van der Waals surface area contributed by atoms with Crippen molar-refractivity contribution in [2.75, 3.05) is 38.5 Å². The summed E-state index contributed by atoms with van der Waals surface area (Å²) in [6.07, 6.45) is 7.23. The van der Waals surface area contributed by atoms with Crippen molar-refractivity contribution in [2.45, 2.75) is 61.3 Å². The Morgan fingerprint density at radius 1 is 1.11 bits per heavy atom. The van der Waals surface area contributed by atoms with Crippen LogP contribution in [-0.4, -0.2) is 79.4 Å². The lowest BCUT2D eigenvalue weighted by atomic mass is 10.1. The number of hydrogen-bond donors (Lipinski definition) is 1. The number of amides is 1. The molecule has 36 heavy (non-hydrogen) atoms. The van der Waals surface area contributed by atoms with Crippen molar-refractivity contribution < 1.29 is 18.0 Å². The number of carbonyl (C=O) groups excluding carboxylic acids is 1. The fourth-order valence-electron chi connectivity index (χ4n) is 4.54. The number of anilines is 1. The van der Waals surface area contributed by atoms with Crippen molar-refractivity contribution in [3.05, 3.63) is 40.9 Å². The molecule has 11 heteroatoms. The minimum atomic E-state index is -3.30. The van der Waals surface area contributed by atoms with Gasteiger partial charge < -0.3 is 9.74 Å². The van der Waals surface area contributed by atoms with E-state index in [4.69, 9.17) is 4.84 Å². The number of carbonyl (C=O) groups is 1. The van der Waals surface area contributed by atoms with Crippen LogP contribution in [0.25, 0.3) is 0 Å². The van der Waals surface area contributed by atoms with Crippen molar-refractivity contribution in [2.24, 2.45) is 5.16 Å². The Balaban J connectivity index is 1.29. The number of nitrogens with one attached hydrogen (secondary N) is 1. The van der Waals surface area contributed by atoms with E-state index in [-0.39, 0.29) is 22.0 Å². The Morgan fingerprint density at radius 2 is 1.81 bits per heavy atom. The molecule has 2 aromatic rings. The fraction of sp³-hybridized carbons (Fsp3) is 0.560. The van der Waals surface area contributed by atoms with Crippen molar-refractivity contribution in [3.8, 4) is 0 Å². The van der Waals surface area contributed by atoms with Gasteiger partial charge in [-0.15, -0.1) is 11.3 Å². The van der Waals surface area contributed by atoms with E-state index in [9.17, 15) is 13.2 Å². The van der Waals surface area contributed by atoms with E-state index in [0.29, 0.717) is 23.5 Å². The first-order valence-electron chi connectivity index (χ1n) is 12.6. The number of thiazole rings is 1. The van der Waals surface area contributed by atoms with E-state index in [0.717, 1.165) is 63.3 Å². The molecule has 2 aliphatic carbocycles. The topological polar surface area (TPSA) is 104 Å². The summed E-state index contributed by atoms with van der Waals surface area (Å²) >= 11 is 1.45. The number of sulfone groups is 1. The summed E-state index contributed by atoms with van der Waals surface area (Å²) in [7, 11) is -1.17. The van der Waals surface area contributed by atoms with Gasteiger partial charge in [0.1, 0.15) is 6.10 Å². The summed E-state index contributed by atoms with van der Waals surface area (Å²) in [4.78, 5) is 29.4. The second kappa shape index (κ2) is 11.0. The second-order valence-corrected chi connectivity index (χ2v) is 13.2. The molecule has 0 bridgehead atoms. The van der Waals surface area contributed by atoms with E-state index in [1.54, 1.807) is 24.3 Å². The van der Waals surface area contributed by atoms with Gasteiger partial charge in [0.2, 0.25) is 0 Å². The third kappa shape index (κ3) is 6.13. The van der Waals surface area contributed by atoms with Crippen LogP contribution in [0.15, 0.2) is 40.5 Å². The predicted molar refractivity (Wildman–Crippen MR) is 140 cm³/mol. The van der Waals surface area contributed by atoms with Gasteiger partial charge >= 0.3 is 0 Å². The van der Waals surface area contributed by atoms with Crippen LogP contribution in [0.4, 0.5) is 5.13 Å². The van der Waals surface area contributed by atoms with E-state index in [2.05, 4.69) is 32.3 Å². The molecule has 3 aliphatic rings. The standard InChI is InChI=1S/C25H33N5O4S2/c1-29-12-14-30(15-13-29)17-20-16-26-25(35-20)27-24(31)23(28-34-19-4-2-3-5-19)18-6-8-21(9-7-18)36(32,33)22-10-11-22/h6-9,16,19,22H,2-5,10-15,17H2,1H3,(H,26,27,31)/b28-23+. The highest BCUT2D eigenvalue weighted by Gasteiger charge is 2.36. The monoisotopic (exact) mass is 531 g/mol. The summed E-state index contributed by atoms with van der Waals surface area (Å²) < 4.78 is 25.1. The molecule has 194 valence electrons. The van der Waals surface area contributed by atoms with Crippen molar-refractivity contribution in [3.63, 3.8) is 0 Å². The number of oxime groups is 1. The number of rotatable bonds is 9. The Morgan fingerprint density at radius 3 is 2.47 bits per heavy atom. The Kier molecular flexibility index (Phi) is 7.71. The molecule has 1 aliphatic heterocycles. The van der Waals surface area contributed by atoms with E-state index in [1.807, 2.05) is 6.20 Å². The molecular weight excluding hydrogens is 498 g/mol. The Labute approximate surface area is 216 Å². The average Bonchev–Trinajstić information content (AvgIpc) is 3.46. The van der Waals surface area contributed by atoms with Gasteiger partial charge in [-0.3, -0.25) is 15.0 Å². The van der Waals surface area contributed by atoms with Crippen molar-refractivity contribution in [1.82, 2.24) is 14.8 Å². The summed E-state index contributed by atoms with van der Waals surface area (Å²) in [6, 6.07) is 6.37. The minimum Gasteiger partial charge on any atom is -0.392 e. The number of piperazine rings is 1. The number of nitrogens with zero attached hydrogens (tertiary/aromatic N) is 4. The Bertz CT molecular complexity index is 1190. The van der Waals surface area contributed by atoms with E-state index < -0.39 is 15.7 Å². The molecule has 1 saturated heterocycles. The first-order chi connectivity index (χ1) is 17.4. The molecule has 1 aromatic heterocycles. The predicted octanol–water partition coefficient (Wildman–Crippen LogP) is 3.13. The summed E-state index contributed by atoms with van der Waals surface area (Å²) in [5.74, 6) is -0.425. The number of aromatic nitrogens is 1. The van der Waals surface area contributed by atoms with Gasteiger partial charge in [-0.1, -0.05) is 17.3 Å². The molecule has 1 amide bonds. The van der Waals surface area contributed by atoms with E-state index >= 15 is 0 Å². The smallest absolute Gasteiger partial charge is 0.280 e. The molecule has 0 unspecified atom stereocenters. The van der Waals surface area contributed by atoms with Crippen LogP contribution in [0.5, 0.6) is 0 Å². The lowest BCUT2D eigenvalue weighted by Crippen LogP contribution is -2.43. The molecular formula is C25H33N5O4S2. The number of benzene rings is 1. The van der Waals surface area contributed by atoms with Gasteiger partial charge in [0.25, 0.3) is 5.91 Å². The third-order valence-corrected chi connectivity index (χ3v) is 10.2. The summed E-state index contributed by atoms with van der Waals surface area (Å²) in [5.41, 5.74) is 0.627. The molecule has 9 nitrogen and oxygen atoms in total. The van der Waals surface area contributed by atoms with Gasteiger partial charge in [-0.25, -0.2) is 13.4 Å². The highest BCUT2D eigenvalue weighted by molar-refractivity contribution is 7.92. The normalized spacial score (nSPS) is 20.5. The van der Waals surface area contributed by atoms with Crippen LogP contribution < -0.4 is 5.32 Å². The van der Waals surface area contributed by atoms with Gasteiger partial charge in [0, 0.05) is 49.4 Å². The van der Waals surface area contributed by atoms with Crippen LogP contribution in [0.2, 0.25) is 0 Å². The van der Waals surface area contributed by atoms with Crippen molar-refractivity contribution >= 4 is 37.9 Å². The molecule has 5 rings (SSSR count). The quantitative estimate of drug-likeness (QED) is 0.392. The van der Waals surface area contributed by atoms with Crippen molar-refractivity contribution in [1.29, 1.82) is 0 Å². The molecule has 0 radical (unpaired) electrons. The van der Waals surface area contributed by atoms with Crippen LogP contribution >= 0.6 is 11.3 Å². The van der Waals surface area contributed by atoms with Gasteiger partial charge in [0.05, 0.1) is 10.1 Å². The summed E-state index contributed by atoms with van der Waals surface area (Å²) in [5, 5.41) is 7.33. The molecule has 1 N–H and O–H groups in total. The molecule has 2 saturated carbocycles. The zero-order valence-corrected chi connectivity index (χ0v) is 22.2. The van der Waals surface area contributed by atoms with Gasteiger partial charge in [-0.2, -0.15) is 0 Å². The number of hydrogen-bond acceptors (Lipinski definition) is 9. The highest BCUT2D eigenvalue weighted by Crippen LogP contribution is 2.33. The first-order valence-corrected chi connectivity index (χ1v) is 15.0. The molecule has 0 spiro atoms. The summed E-state index contributed by atoms with van der Waals surface area (Å²) in [6.45, 7) is 4.92. The first kappa shape index (κ1) is 25.3. The maximum Gasteiger partial charge on any atom is 0.280 e. The number of likely N-dealkylation sites (N-methyl/N-ethyl adjacent to an activating group) is 1. The largest absolute Gasteiger partial charge is 0.392 e. The second-order valence-electron chi connectivity index (χ2n) is 9.89. The molecule has 1 aromatic carbocycles. The molecule has 3 fully saturated rings. The lowest BCUT2D eigenvalue weighted by Gasteiger charge is -2.31. The Hall–Kier alpha value is -2.34. The molecule has 2 heterocycles. The van der Waals surface area contributed by atoms with Crippen LogP contribution in [-0.2, 0) is 26.0 Å². The maximum atomic E-state index is 13.3. The average molecular weight is 532 g/mol. The third-order valence-electron chi connectivity index (χ3n) is 6.98. The van der Waals surface area contributed by atoms with Crippen LogP contribution in [0.3, 0.4) is 0 Å². The maximum absolute atomic E-state index is 13.3. The fourth-order valence-corrected chi connectivity index (χ4v) is 7.05. The molecule has 0 atom stereocenters. The highest BCUT2D eigenvalue weighted by atomic mass is 32.2. The van der Waals surface area contributed by atoms with Crippen LogP contribution in [0.1, 0.15) is 49.0 Å². The zero-order chi connectivity index (χ0) is 25.1. The lowest BCUT2D eigenvalue weighted by molar-refractivity contribution is -0.110. The van der Waals surface area contributed by atoms with Gasteiger partial charge in [0.15, 0.2) is 20.7 Å².